The SMILES string of the molecule is CCCCC(CC)CC(CSC1CCCC1)NC. The second-order valence-corrected chi connectivity index (χ2v) is 7.21. The molecule has 1 aliphatic carbocycles. The molecule has 2 atom stereocenters. The smallest absolute Gasteiger partial charge is 0.0157 e. The van der Waals surface area contributed by atoms with E-state index in [2.05, 4.69) is 38.0 Å². The van der Waals surface area contributed by atoms with E-state index in [1.807, 2.05) is 0 Å². The van der Waals surface area contributed by atoms with E-state index >= 15 is 0 Å². The van der Waals surface area contributed by atoms with Gasteiger partial charge in [0.25, 0.3) is 0 Å². The van der Waals surface area contributed by atoms with Gasteiger partial charge in [0.1, 0.15) is 0 Å². The van der Waals surface area contributed by atoms with Gasteiger partial charge in [0.15, 0.2) is 0 Å². The zero-order valence-corrected chi connectivity index (χ0v) is 13.5. The molecule has 0 aromatic carbocycles. The van der Waals surface area contributed by atoms with Crippen LogP contribution in [-0.4, -0.2) is 24.1 Å². The third-order valence-electron chi connectivity index (χ3n) is 4.40. The molecular weight excluding hydrogens is 238 g/mol. The van der Waals surface area contributed by atoms with Gasteiger partial charge in [0.05, 0.1) is 0 Å². The fraction of sp³-hybridized carbons (Fsp3) is 1.00. The van der Waals surface area contributed by atoms with Gasteiger partial charge in [-0.1, -0.05) is 52.4 Å². The maximum absolute atomic E-state index is 3.55. The van der Waals surface area contributed by atoms with Crippen molar-refractivity contribution < 1.29 is 0 Å². The largest absolute Gasteiger partial charge is 0.316 e. The quantitative estimate of drug-likeness (QED) is 0.609. The molecule has 0 aromatic heterocycles. The van der Waals surface area contributed by atoms with E-state index in [0.717, 1.165) is 17.2 Å². The number of unbranched alkanes of at least 4 members (excludes halogenated alkanes) is 1. The van der Waals surface area contributed by atoms with Gasteiger partial charge < -0.3 is 5.32 Å². The highest BCUT2D eigenvalue weighted by molar-refractivity contribution is 7.99. The minimum absolute atomic E-state index is 0.734. The first-order valence-electron chi connectivity index (χ1n) is 8.09. The molecule has 1 rings (SSSR count). The lowest BCUT2D eigenvalue weighted by Crippen LogP contribution is -2.31. The third-order valence-corrected chi connectivity index (χ3v) is 5.94. The van der Waals surface area contributed by atoms with Crippen molar-refractivity contribution in [2.45, 2.75) is 82.9 Å². The maximum atomic E-state index is 3.55. The van der Waals surface area contributed by atoms with Gasteiger partial charge in [-0.3, -0.25) is 0 Å². The highest BCUT2D eigenvalue weighted by atomic mass is 32.2. The maximum Gasteiger partial charge on any atom is 0.0157 e. The Bertz CT molecular complexity index is 190. The Morgan fingerprint density at radius 2 is 1.94 bits per heavy atom. The van der Waals surface area contributed by atoms with E-state index < -0.39 is 0 Å². The summed E-state index contributed by atoms with van der Waals surface area (Å²) in [5, 5.41) is 4.52. The van der Waals surface area contributed by atoms with E-state index in [0.29, 0.717) is 0 Å². The summed E-state index contributed by atoms with van der Waals surface area (Å²) in [6.45, 7) is 4.66. The topological polar surface area (TPSA) is 12.0 Å². The van der Waals surface area contributed by atoms with Crippen molar-refractivity contribution in [1.82, 2.24) is 5.32 Å². The molecule has 0 aromatic rings. The zero-order valence-electron chi connectivity index (χ0n) is 12.7. The molecule has 1 saturated carbocycles. The van der Waals surface area contributed by atoms with Gasteiger partial charge in [-0.2, -0.15) is 11.8 Å². The van der Waals surface area contributed by atoms with Gasteiger partial charge in [0, 0.05) is 17.0 Å². The van der Waals surface area contributed by atoms with Crippen LogP contribution in [0.15, 0.2) is 0 Å². The second kappa shape index (κ2) is 10.1. The molecule has 0 heterocycles. The number of thioether (sulfide) groups is 1. The van der Waals surface area contributed by atoms with Crippen molar-refractivity contribution in [2.24, 2.45) is 5.92 Å². The highest BCUT2D eigenvalue weighted by Gasteiger charge is 2.19. The summed E-state index contributed by atoms with van der Waals surface area (Å²) in [4.78, 5) is 0. The molecule has 108 valence electrons. The van der Waals surface area contributed by atoms with Gasteiger partial charge in [-0.25, -0.2) is 0 Å². The number of hydrogen-bond acceptors (Lipinski definition) is 2. The van der Waals surface area contributed by atoms with Gasteiger partial charge in [0.2, 0.25) is 0 Å². The average Bonchev–Trinajstić information content (AvgIpc) is 2.91. The van der Waals surface area contributed by atoms with Crippen LogP contribution in [0.1, 0.15) is 71.6 Å². The minimum atomic E-state index is 0.734. The number of rotatable bonds is 10. The fourth-order valence-corrected chi connectivity index (χ4v) is 4.43. The Kier molecular flexibility index (Phi) is 9.22. The molecule has 2 heteroatoms. The van der Waals surface area contributed by atoms with Crippen LogP contribution in [-0.2, 0) is 0 Å². The second-order valence-electron chi connectivity index (χ2n) is 5.88. The molecular formula is C16H33NS. The molecule has 2 unspecified atom stereocenters. The Balaban J connectivity index is 2.21. The Labute approximate surface area is 119 Å². The highest BCUT2D eigenvalue weighted by Crippen LogP contribution is 2.30. The molecule has 0 amide bonds. The van der Waals surface area contributed by atoms with Crippen LogP contribution < -0.4 is 5.32 Å². The summed E-state index contributed by atoms with van der Waals surface area (Å²) >= 11 is 2.23. The van der Waals surface area contributed by atoms with E-state index in [-0.39, 0.29) is 0 Å². The monoisotopic (exact) mass is 271 g/mol. The standard InChI is InChI=1S/C16H33NS/c1-4-6-9-14(5-2)12-15(17-3)13-18-16-10-7-8-11-16/h14-17H,4-13H2,1-3H3. The van der Waals surface area contributed by atoms with E-state index in [1.165, 1.54) is 63.5 Å². The number of nitrogens with one attached hydrogen (secondary N) is 1. The minimum Gasteiger partial charge on any atom is -0.316 e. The Hall–Kier alpha value is 0.310. The van der Waals surface area contributed by atoms with Crippen LogP contribution in [0.4, 0.5) is 0 Å². The number of hydrogen-bond donors (Lipinski definition) is 1. The summed E-state index contributed by atoms with van der Waals surface area (Å²) in [5.41, 5.74) is 0. The molecule has 18 heavy (non-hydrogen) atoms. The van der Waals surface area contributed by atoms with Gasteiger partial charge >= 0.3 is 0 Å². The molecule has 1 N–H and O–H groups in total. The normalized spacial score (nSPS) is 20.2. The molecule has 1 fully saturated rings. The molecule has 1 aliphatic rings. The summed E-state index contributed by atoms with van der Waals surface area (Å²) < 4.78 is 0. The summed E-state index contributed by atoms with van der Waals surface area (Å²) in [6.07, 6.45) is 12.8. The van der Waals surface area contributed by atoms with E-state index in [1.54, 1.807) is 0 Å². The van der Waals surface area contributed by atoms with Crippen LogP contribution in [0.5, 0.6) is 0 Å². The van der Waals surface area contributed by atoms with E-state index in [4.69, 9.17) is 0 Å². The first-order valence-corrected chi connectivity index (χ1v) is 9.13. The molecule has 0 radical (unpaired) electrons. The van der Waals surface area contributed by atoms with Crippen LogP contribution in [0.2, 0.25) is 0 Å². The summed E-state index contributed by atoms with van der Waals surface area (Å²) in [6, 6.07) is 0.734. The van der Waals surface area contributed by atoms with Crippen molar-refractivity contribution in [3.05, 3.63) is 0 Å². The first-order chi connectivity index (χ1) is 8.80. The van der Waals surface area contributed by atoms with Gasteiger partial charge in [-0.05, 0) is 32.2 Å². The zero-order chi connectivity index (χ0) is 13.2. The molecule has 0 saturated heterocycles. The molecule has 1 nitrogen and oxygen atoms in total. The summed E-state index contributed by atoms with van der Waals surface area (Å²) in [7, 11) is 2.15. The average molecular weight is 272 g/mol. The Morgan fingerprint density at radius 1 is 1.22 bits per heavy atom. The third kappa shape index (κ3) is 6.47. The molecule has 0 spiro atoms. The van der Waals surface area contributed by atoms with Crippen LogP contribution in [0, 0.1) is 5.92 Å². The van der Waals surface area contributed by atoms with Crippen molar-refractivity contribution >= 4 is 11.8 Å². The van der Waals surface area contributed by atoms with Crippen molar-refractivity contribution in [3.63, 3.8) is 0 Å². The van der Waals surface area contributed by atoms with Crippen molar-refractivity contribution in [1.29, 1.82) is 0 Å². The lowest BCUT2D eigenvalue weighted by molar-refractivity contribution is 0.375. The van der Waals surface area contributed by atoms with Crippen molar-refractivity contribution in [2.75, 3.05) is 12.8 Å². The molecule has 0 bridgehead atoms. The Morgan fingerprint density at radius 3 is 2.50 bits per heavy atom. The lowest BCUT2D eigenvalue weighted by atomic mass is 9.93. The van der Waals surface area contributed by atoms with Crippen LogP contribution in [0.3, 0.4) is 0 Å². The molecule has 0 aliphatic heterocycles. The predicted molar refractivity (Wildman–Crippen MR) is 85.5 cm³/mol. The van der Waals surface area contributed by atoms with Gasteiger partial charge in [-0.15, -0.1) is 0 Å². The fourth-order valence-electron chi connectivity index (χ4n) is 2.96. The lowest BCUT2D eigenvalue weighted by Gasteiger charge is -2.23. The summed E-state index contributed by atoms with van der Waals surface area (Å²) in [5.74, 6) is 2.26. The van der Waals surface area contributed by atoms with Crippen LogP contribution >= 0.6 is 11.8 Å². The van der Waals surface area contributed by atoms with Crippen LogP contribution in [0.25, 0.3) is 0 Å². The van der Waals surface area contributed by atoms with Crippen molar-refractivity contribution in [3.8, 4) is 0 Å². The van der Waals surface area contributed by atoms with E-state index in [9.17, 15) is 0 Å². The first kappa shape index (κ1) is 16.4. The predicted octanol–water partition coefficient (Wildman–Crippen LogP) is 4.86.